The summed E-state index contributed by atoms with van der Waals surface area (Å²) in [5, 5.41) is 0. The molecule has 74 valence electrons. The molecule has 1 aromatic carbocycles. The Morgan fingerprint density at radius 1 is 1.43 bits per heavy atom. The van der Waals surface area contributed by atoms with Gasteiger partial charge in [0, 0.05) is 5.56 Å². The van der Waals surface area contributed by atoms with Crippen molar-refractivity contribution in [3.05, 3.63) is 23.8 Å². The van der Waals surface area contributed by atoms with Gasteiger partial charge in [0.05, 0.1) is 19.6 Å². The normalized spacial score (nSPS) is 28.1. The summed E-state index contributed by atoms with van der Waals surface area (Å²) in [5.41, 5.74) is 1.23. The first-order valence-electron chi connectivity index (χ1n) is 4.84. The van der Waals surface area contributed by atoms with Crippen molar-refractivity contribution < 1.29 is 14.2 Å². The van der Waals surface area contributed by atoms with Crippen LogP contribution in [-0.2, 0) is 4.74 Å². The minimum Gasteiger partial charge on any atom is -0.497 e. The summed E-state index contributed by atoms with van der Waals surface area (Å²) in [6, 6.07) is 5.92. The summed E-state index contributed by atoms with van der Waals surface area (Å²) in [5.74, 6) is 2.24. The molecule has 0 saturated carbocycles. The number of benzene rings is 1. The van der Waals surface area contributed by atoms with Crippen molar-refractivity contribution in [2.75, 3.05) is 13.7 Å². The van der Waals surface area contributed by atoms with Crippen molar-refractivity contribution in [3.63, 3.8) is 0 Å². The molecule has 1 fully saturated rings. The zero-order chi connectivity index (χ0) is 9.54. The molecular formula is C11H12O3. The summed E-state index contributed by atoms with van der Waals surface area (Å²) < 4.78 is 16.3. The maximum absolute atomic E-state index is 5.65. The van der Waals surface area contributed by atoms with Gasteiger partial charge in [0.2, 0.25) is 6.29 Å². The van der Waals surface area contributed by atoms with Crippen molar-refractivity contribution in [1.29, 1.82) is 0 Å². The van der Waals surface area contributed by atoms with Crippen LogP contribution in [0.3, 0.4) is 0 Å². The predicted molar refractivity (Wildman–Crippen MR) is 50.7 cm³/mol. The summed E-state index contributed by atoms with van der Waals surface area (Å²) in [6.07, 6.45) is 0.988. The first-order valence-corrected chi connectivity index (χ1v) is 4.84. The van der Waals surface area contributed by atoms with Crippen LogP contribution in [0.4, 0.5) is 0 Å². The smallest absolute Gasteiger partial charge is 0.206 e. The van der Waals surface area contributed by atoms with Crippen molar-refractivity contribution in [2.24, 2.45) is 0 Å². The Bertz CT molecular complexity index is 362. The van der Waals surface area contributed by atoms with Crippen LogP contribution in [0.2, 0.25) is 0 Å². The van der Waals surface area contributed by atoms with Gasteiger partial charge in [0.25, 0.3) is 0 Å². The third kappa shape index (κ3) is 1.02. The molecule has 2 heterocycles. The molecule has 3 heteroatoms. The Hall–Kier alpha value is -1.22. The maximum Gasteiger partial charge on any atom is 0.206 e. The van der Waals surface area contributed by atoms with Crippen LogP contribution in [0.25, 0.3) is 0 Å². The van der Waals surface area contributed by atoms with E-state index in [0.29, 0.717) is 5.92 Å². The Morgan fingerprint density at radius 3 is 3.21 bits per heavy atom. The summed E-state index contributed by atoms with van der Waals surface area (Å²) in [6.45, 7) is 0.798. The molecular weight excluding hydrogens is 180 g/mol. The fourth-order valence-corrected chi connectivity index (χ4v) is 2.16. The van der Waals surface area contributed by atoms with Crippen LogP contribution >= 0.6 is 0 Å². The highest BCUT2D eigenvalue weighted by molar-refractivity contribution is 5.45. The van der Waals surface area contributed by atoms with E-state index >= 15 is 0 Å². The van der Waals surface area contributed by atoms with Gasteiger partial charge < -0.3 is 14.2 Å². The van der Waals surface area contributed by atoms with Crippen LogP contribution in [0, 0.1) is 0 Å². The fraction of sp³-hybridized carbons (Fsp3) is 0.455. The van der Waals surface area contributed by atoms with Crippen molar-refractivity contribution in [1.82, 2.24) is 0 Å². The van der Waals surface area contributed by atoms with Gasteiger partial charge in [-0.05, 0) is 24.6 Å². The number of methoxy groups -OCH3 is 1. The number of fused-ring (bicyclic) bond motifs is 3. The monoisotopic (exact) mass is 192 g/mol. The summed E-state index contributed by atoms with van der Waals surface area (Å²) >= 11 is 0. The third-order valence-corrected chi connectivity index (χ3v) is 2.90. The van der Waals surface area contributed by atoms with Gasteiger partial charge in [0.15, 0.2) is 0 Å². The Kier molecular flexibility index (Phi) is 1.67. The van der Waals surface area contributed by atoms with Gasteiger partial charge in [-0.3, -0.25) is 0 Å². The molecule has 0 spiro atoms. The number of hydrogen-bond donors (Lipinski definition) is 0. The molecule has 1 saturated heterocycles. The molecule has 0 radical (unpaired) electrons. The molecule has 2 aliphatic heterocycles. The van der Waals surface area contributed by atoms with Gasteiger partial charge in [-0.25, -0.2) is 0 Å². The number of hydrogen-bond acceptors (Lipinski definition) is 3. The Labute approximate surface area is 82.6 Å². The van der Waals surface area contributed by atoms with Gasteiger partial charge in [-0.2, -0.15) is 0 Å². The molecule has 0 N–H and O–H groups in total. The zero-order valence-electron chi connectivity index (χ0n) is 8.03. The average molecular weight is 192 g/mol. The van der Waals surface area contributed by atoms with Gasteiger partial charge in [-0.1, -0.05) is 0 Å². The van der Waals surface area contributed by atoms with E-state index in [1.807, 2.05) is 12.1 Å². The average Bonchev–Trinajstić information content (AvgIpc) is 2.76. The molecule has 0 aliphatic carbocycles. The molecule has 1 aromatic rings. The molecule has 0 unspecified atom stereocenters. The van der Waals surface area contributed by atoms with Crippen LogP contribution in [0.15, 0.2) is 18.2 Å². The molecule has 0 amide bonds. The molecule has 0 aromatic heterocycles. The van der Waals surface area contributed by atoms with E-state index in [-0.39, 0.29) is 6.29 Å². The molecule has 0 bridgehead atoms. The summed E-state index contributed by atoms with van der Waals surface area (Å²) in [4.78, 5) is 0. The number of rotatable bonds is 1. The van der Waals surface area contributed by atoms with Crippen LogP contribution in [0.1, 0.15) is 17.9 Å². The van der Waals surface area contributed by atoms with E-state index in [0.717, 1.165) is 24.5 Å². The van der Waals surface area contributed by atoms with Gasteiger partial charge >= 0.3 is 0 Å². The standard InChI is InChI=1S/C11H12O3/c1-12-7-2-3-10-9(6-7)8-4-5-13-11(8)14-10/h2-3,6,8,11H,4-5H2,1H3/t8-,11+/m0/s1. The van der Waals surface area contributed by atoms with E-state index in [2.05, 4.69) is 6.07 Å². The van der Waals surface area contributed by atoms with E-state index in [9.17, 15) is 0 Å². The fourth-order valence-electron chi connectivity index (χ4n) is 2.16. The maximum atomic E-state index is 5.65. The minimum atomic E-state index is -0.0582. The Balaban J connectivity index is 2.03. The largest absolute Gasteiger partial charge is 0.497 e. The quantitative estimate of drug-likeness (QED) is 0.680. The van der Waals surface area contributed by atoms with Crippen LogP contribution in [0.5, 0.6) is 11.5 Å². The third-order valence-electron chi connectivity index (χ3n) is 2.90. The van der Waals surface area contributed by atoms with Gasteiger partial charge in [-0.15, -0.1) is 0 Å². The van der Waals surface area contributed by atoms with Crippen molar-refractivity contribution >= 4 is 0 Å². The Morgan fingerprint density at radius 2 is 2.36 bits per heavy atom. The zero-order valence-corrected chi connectivity index (χ0v) is 8.03. The molecule has 2 aliphatic rings. The van der Waals surface area contributed by atoms with Crippen LogP contribution in [-0.4, -0.2) is 20.0 Å². The minimum absolute atomic E-state index is 0.0582. The highest BCUT2D eigenvalue weighted by Crippen LogP contribution is 2.45. The molecule has 3 nitrogen and oxygen atoms in total. The first-order chi connectivity index (χ1) is 6.88. The van der Waals surface area contributed by atoms with Crippen molar-refractivity contribution in [3.8, 4) is 11.5 Å². The lowest BCUT2D eigenvalue weighted by Crippen LogP contribution is -2.13. The molecule has 3 rings (SSSR count). The van der Waals surface area contributed by atoms with E-state index < -0.39 is 0 Å². The topological polar surface area (TPSA) is 27.7 Å². The first kappa shape index (κ1) is 8.12. The molecule has 2 atom stereocenters. The second-order valence-corrected chi connectivity index (χ2v) is 3.66. The summed E-state index contributed by atoms with van der Waals surface area (Å²) in [7, 11) is 1.68. The van der Waals surface area contributed by atoms with E-state index in [1.54, 1.807) is 7.11 Å². The van der Waals surface area contributed by atoms with E-state index in [1.165, 1.54) is 5.56 Å². The molecule has 14 heavy (non-hydrogen) atoms. The second kappa shape index (κ2) is 2.89. The van der Waals surface area contributed by atoms with Crippen molar-refractivity contribution in [2.45, 2.75) is 18.6 Å². The number of ether oxygens (including phenoxy) is 3. The van der Waals surface area contributed by atoms with E-state index in [4.69, 9.17) is 14.2 Å². The lowest BCUT2D eigenvalue weighted by molar-refractivity contribution is -0.0337. The highest BCUT2D eigenvalue weighted by atomic mass is 16.7. The van der Waals surface area contributed by atoms with Gasteiger partial charge in [0.1, 0.15) is 11.5 Å². The second-order valence-electron chi connectivity index (χ2n) is 3.66. The lowest BCUT2D eigenvalue weighted by atomic mass is 9.98. The predicted octanol–water partition coefficient (Wildman–Crippen LogP) is 1.92. The van der Waals surface area contributed by atoms with Crippen LogP contribution < -0.4 is 9.47 Å². The highest BCUT2D eigenvalue weighted by Gasteiger charge is 2.39. The SMILES string of the molecule is COc1ccc2c(c1)[C@@H]1CCO[C@@H]1O2. The lowest BCUT2D eigenvalue weighted by Gasteiger charge is -2.06.